The smallest absolute Gasteiger partial charge is 0.456 e. The molecule has 1 aliphatic carbocycles. The van der Waals surface area contributed by atoms with Crippen LogP contribution in [0.1, 0.15) is 24.0 Å². The Bertz CT molecular complexity index is 1220. The van der Waals surface area contributed by atoms with Crippen molar-refractivity contribution in [3.8, 4) is 11.5 Å². The SMILES string of the molecule is OC(CN(Cc1cccc(C(F)(F)C(F)(F)F)c1)c1cccc(Oc2cccc(Cl)c2Cl)c1)C1CC1. The quantitative estimate of drug-likeness (QED) is 0.275. The summed E-state index contributed by atoms with van der Waals surface area (Å²) < 4.78 is 72.4. The lowest BCUT2D eigenvalue weighted by atomic mass is 10.0. The maximum atomic E-state index is 13.9. The molecule has 192 valence electrons. The van der Waals surface area contributed by atoms with Crippen LogP contribution in [-0.2, 0) is 12.5 Å². The van der Waals surface area contributed by atoms with Crippen LogP contribution in [0.25, 0.3) is 0 Å². The fourth-order valence-electron chi connectivity index (χ4n) is 3.80. The van der Waals surface area contributed by atoms with Crippen molar-refractivity contribution >= 4 is 28.9 Å². The number of alkyl halides is 5. The summed E-state index contributed by atoms with van der Waals surface area (Å²) in [6.45, 7) is 0.152. The van der Waals surface area contributed by atoms with Gasteiger partial charge in [0.2, 0.25) is 0 Å². The molecule has 4 rings (SSSR count). The van der Waals surface area contributed by atoms with Crippen LogP contribution in [0.5, 0.6) is 11.5 Å². The minimum atomic E-state index is -5.71. The number of rotatable bonds is 9. The highest BCUT2D eigenvalue weighted by Crippen LogP contribution is 2.44. The number of nitrogens with zero attached hydrogens (tertiary/aromatic N) is 1. The van der Waals surface area contributed by atoms with Crippen LogP contribution in [0.15, 0.2) is 66.7 Å². The first kappa shape index (κ1) is 26.5. The first-order chi connectivity index (χ1) is 17.0. The number of halogens is 7. The zero-order valence-corrected chi connectivity index (χ0v) is 20.3. The molecule has 1 aliphatic rings. The second-order valence-corrected chi connectivity index (χ2v) is 9.49. The molecule has 1 atom stereocenters. The summed E-state index contributed by atoms with van der Waals surface area (Å²) in [7, 11) is 0. The third kappa shape index (κ3) is 6.05. The van der Waals surface area contributed by atoms with E-state index in [1.54, 1.807) is 47.4 Å². The van der Waals surface area contributed by atoms with Crippen molar-refractivity contribution in [1.29, 1.82) is 0 Å². The van der Waals surface area contributed by atoms with Crippen LogP contribution in [-0.4, -0.2) is 23.9 Å². The van der Waals surface area contributed by atoms with Gasteiger partial charge in [0.05, 0.1) is 11.1 Å². The highest BCUT2D eigenvalue weighted by Gasteiger charge is 2.58. The number of aliphatic hydroxyl groups excluding tert-OH is 1. The van der Waals surface area contributed by atoms with Gasteiger partial charge in [-0.2, -0.15) is 22.0 Å². The molecule has 3 aromatic carbocycles. The van der Waals surface area contributed by atoms with Crippen LogP contribution >= 0.6 is 23.2 Å². The summed E-state index contributed by atoms with van der Waals surface area (Å²) in [5, 5.41) is 11.1. The lowest BCUT2D eigenvalue weighted by molar-refractivity contribution is -0.289. The molecule has 3 nitrogen and oxygen atoms in total. The van der Waals surface area contributed by atoms with E-state index in [2.05, 4.69) is 0 Å². The number of ether oxygens (including phenoxy) is 1. The van der Waals surface area contributed by atoms with Gasteiger partial charge in [0, 0.05) is 30.4 Å². The molecular formula is C26H22Cl2F5NO2. The first-order valence-electron chi connectivity index (χ1n) is 11.1. The molecule has 0 aromatic heterocycles. The lowest BCUT2D eigenvalue weighted by Gasteiger charge is -2.28. The standard InChI is InChI=1S/C26H22Cl2F5NO2/c27-21-8-3-9-23(24(21)28)36-20-7-2-6-19(13-20)34(15-22(35)17-10-11-17)14-16-4-1-5-18(12-16)25(29,30)26(31,32)33/h1-9,12-13,17,22,35H,10-11,14-15H2. The van der Waals surface area contributed by atoms with Gasteiger partial charge in [-0.05, 0) is 54.7 Å². The van der Waals surface area contributed by atoms with Crippen molar-refractivity contribution in [2.75, 3.05) is 11.4 Å². The number of hydrogen-bond acceptors (Lipinski definition) is 3. The Morgan fingerprint density at radius 1 is 0.944 bits per heavy atom. The lowest BCUT2D eigenvalue weighted by Crippen LogP contribution is -2.34. The van der Waals surface area contributed by atoms with Crippen molar-refractivity contribution < 1.29 is 31.8 Å². The molecule has 0 heterocycles. The van der Waals surface area contributed by atoms with Gasteiger partial charge >= 0.3 is 12.1 Å². The predicted molar refractivity (Wildman–Crippen MR) is 129 cm³/mol. The summed E-state index contributed by atoms with van der Waals surface area (Å²) in [6, 6.07) is 16.0. The molecule has 1 fully saturated rings. The summed E-state index contributed by atoms with van der Waals surface area (Å²) in [5.74, 6) is -4.13. The second kappa shape index (κ2) is 10.4. The molecular weight excluding hydrogens is 524 g/mol. The normalized spacial score (nSPS) is 15.0. The van der Waals surface area contributed by atoms with Crippen molar-refractivity contribution in [2.24, 2.45) is 5.92 Å². The van der Waals surface area contributed by atoms with E-state index >= 15 is 0 Å². The first-order valence-corrected chi connectivity index (χ1v) is 11.9. The van der Waals surface area contributed by atoms with Gasteiger partial charge in [-0.3, -0.25) is 0 Å². The third-order valence-electron chi connectivity index (χ3n) is 5.92. The van der Waals surface area contributed by atoms with Crippen LogP contribution < -0.4 is 9.64 Å². The van der Waals surface area contributed by atoms with Gasteiger partial charge in [-0.15, -0.1) is 0 Å². The molecule has 0 radical (unpaired) electrons. The number of benzene rings is 3. The van der Waals surface area contributed by atoms with E-state index in [9.17, 15) is 27.1 Å². The summed E-state index contributed by atoms with van der Waals surface area (Å²) in [5.41, 5.74) is -0.315. The van der Waals surface area contributed by atoms with E-state index in [1.807, 2.05) is 0 Å². The molecule has 10 heteroatoms. The number of hydrogen-bond donors (Lipinski definition) is 1. The van der Waals surface area contributed by atoms with Gasteiger partial charge < -0.3 is 14.7 Å². The Morgan fingerprint density at radius 2 is 1.64 bits per heavy atom. The summed E-state index contributed by atoms with van der Waals surface area (Å²) in [6.07, 6.45) is -4.64. The Morgan fingerprint density at radius 3 is 2.33 bits per heavy atom. The van der Waals surface area contributed by atoms with Crippen LogP contribution in [0.2, 0.25) is 10.0 Å². The average molecular weight is 546 g/mol. The van der Waals surface area contributed by atoms with Crippen molar-refractivity contribution in [3.63, 3.8) is 0 Å². The van der Waals surface area contributed by atoms with Crippen molar-refractivity contribution in [3.05, 3.63) is 87.9 Å². The Labute approximate surface area is 215 Å². The minimum Gasteiger partial charge on any atom is -0.456 e. The second-order valence-electron chi connectivity index (χ2n) is 8.71. The molecule has 3 aromatic rings. The molecule has 0 amide bonds. The Hall–Kier alpha value is -2.55. The van der Waals surface area contributed by atoms with Gasteiger partial charge in [0.25, 0.3) is 0 Å². The van der Waals surface area contributed by atoms with Gasteiger partial charge in [-0.25, -0.2) is 0 Å². The fourth-order valence-corrected chi connectivity index (χ4v) is 4.13. The molecule has 0 spiro atoms. The van der Waals surface area contributed by atoms with E-state index in [1.165, 1.54) is 12.1 Å². The predicted octanol–water partition coefficient (Wildman–Crippen LogP) is 8.22. The fraction of sp³-hybridized carbons (Fsp3) is 0.308. The summed E-state index contributed by atoms with van der Waals surface area (Å²) in [4.78, 5) is 1.72. The van der Waals surface area contributed by atoms with Crippen molar-refractivity contribution in [1.82, 2.24) is 0 Å². The summed E-state index contributed by atoms with van der Waals surface area (Å²) >= 11 is 12.3. The van der Waals surface area contributed by atoms with Crippen LogP contribution in [0.3, 0.4) is 0 Å². The maximum Gasteiger partial charge on any atom is 0.458 e. The van der Waals surface area contributed by atoms with Gasteiger partial charge in [0.15, 0.2) is 0 Å². The van der Waals surface area contributed by atoms with Crippen LogP contribution in [0, 0.1) is 5.92 Å². The van der Waals surface area contributed by atoms with Crippen LogP contribution in [0.4, 0.5) is 27.6 Å². The molecule has 0 saturated heterocycles. The van der Waals surface area contributed by atoms with E-state index in [0.717, 1.165) is 25.0 Å². The van der Waals surface area contributed by atoms with E-state index < -0.39 is 23.8 Å². The molecule has 36 heavy (non-hydrogen) atoms. The Kier molecular flexibility index (Phi) is 7.69. The number of aliphatic hydroxyl groups is 1. The van der Waals surface area contributed by atoms with Gasteiger partial charge in [0.1, 0.15) is 16.5 Å². The largest absolute Gasteiger partial charge is 0.458 e. The molecule has 0 bridgehead atoms. The molecule has 0 aliphatic heterocycles. The third-order valence-corrected chi connectivity index (χ3v) is 6.72. The Balaban J connectivity index is 1.62. The van der Waals surface area contributed by atoms with E-state index in [4.69, 9.17) is 27.9 Å². The number of anilines is 1. The highest BCUT2D eigenvalue weighted by molar-refractivity contribution is 6.42. The molecule has 1 N–H and O–H groups in total. The van der Waals surface area contributed by atoms with E-state index in [0.29, 0.717) is 22.2 Å². The van der Waals surface area contributed by atoms with Crippen molar-refractivity contribution in [2.45, 2.75) is 37.6 Å². The average Bonchev–Trinajstić information content (AvgIpc) is 3.67. The topological polar surface area (TPSA) is 32.7 Å². The molecule has 1 unspecified atom stereocenters. The molecule has 1 saturated carbocycles. The zero-order chi connectivity index (χ0) is 26.1. The highest BCUT2D eigenvalue weighted by atomic mass is 35.5. The monoisotopic (exact) mass is 545 g/mol. The maximum absolute atomic E-state index is 13.9. The van der Waals surface area contributed by atoms with E-state index in [-0.39, 0.29) is 29.6 Å². The zero-order valence-electron chi connectivity index (χ0n) is 18.8. The van der Waals surface area contributed by atoms with Gasteiger partial charge in [-0.1, -0.05) is 53.5 Å². The minimum absolute atomic E-state index is 0.00701.